The van der Waals surface area contributed by atoms with Crippen LogP contribution in [0.25, 0.3) is 0 Å². The smallest absolute Gasteiger partial charge is 0.129 e. The summed E-state index contributed by atoms with van der Waals surface area (Å²) < 4.78 is 0. The van der Waals surface area contributed by atoms with Crippen molar-refractivity contribution in [2.24, 2.45) is 22.6 Å². The molecule has 1 aliphatic heterocycles. The minimum Gasteiger partial charge on any atom is -0.385 e. The molecular weight excluding hydrogens is 292 g/mol. The van der Waals surface area contributed by atoms with E-state index in [1.807, 2.05) is 0 Å². The van der Waals surface area contributed by atoms with E-state index in [0.29, 0.717) is 16.6 Å². The van der Waals surface area contributed by atoms with Crippen LogP contribution < -0.4 is 5.73 Å². The number of alkyl halides is 1. The summed E-state index contributed by atoms with van der Waals surface area (Å²) in [6.45, 7) is 0. The van der Waals surface area contributed by atoms with Crippen molar-refractivity contribution in [1.29, 1.82) is 0 Å². The first kappa shape index (κ1) is 12.9. The van der Waals surface area contributed by atoms with Crippen LogP contribution in [-0.2, 0) is 0 Å². The van der Waals surface area contributed by atoms with Gasteiger partial charge in [0, 0.05) is 10.7 Å². The molecule has 3 N–H and O–H groups in total. The molecule has 4 heteroatoms. The molecule has 0 bridgehead atoms. The number of fused-ring (bicyclic) bond motifs is 1. The molecule has 2 saturated carbocycles. The van der Waals surface area contributed by atoms with Crippen LogP contribution in [0.4, 0.5) is 0 Å². The Hall–Kier alpha value is -0.0900. The van der Waals surface area contributed by atoms with Gasteiger partial charge in [-0.15, -0.1) is 0 Å². The second-order valence-corrected chi connectivity index (χ2v) is 7.55. The zero-order chi connectivity index (χ0) is 12.8. The molecule has 0 spiro atoms. The Morgan fingerprint density at radius 3 is 2.61 bits per heavy atom. The molecule has 0 aromatic rings. The lowest BCUT2D eigenvalue weighted by Gasteiger charge is -2.43. The average molecular weight is 315 g/mol. The fourth-order valence-electron chi connectivity index (χ4n) is 4.26. The van der Waals surface area contributed by atoms with Gasteiger partial charge in [-0.2, -0.15) is 0 Å². The molecule has 1 heterocycles. The molecule has 0 amide bonds. The van der Waals surface area contributed by atoms with Gasteiger partial charge in [-0.05, 0) is 38.0 Å². The van der Waals surface area contributed by atoms with Crippen molar-refractivity contribution < 1.29 is 5.11 Å². The second kappa shape index (κ2) is 4.78. The van der Waals surface area contributed by atoms with Crippen molar-refractivity contribution >= 4 is 21.8 Å². The second-order valence-electron chi connectivity index (χ2n) is 6.26. The van der Waals surface area contributed by atoms with E-state index in [-0.39, 0.29) is 12.0 Å². The normalized spacial score (nSPS) is 45.7. The van der Waals surface area contributed by atoms with E-state index in [2.05, 4.69) is 20.9 Å². The van der Waals surface area contributed by atoms with E-state index in [1.165, 1.54) is 19.3 Å². The van der Waals surface area contributed by atoms with Crippen LogP contribution in [0.1, 0.15) is 51.4 Å². The molecule has 18 heavy (non-hydrogen) atoms. The minimum absolute atomic E-state index is 0.249. The molecule has 3 aliphatic rings. The lowest BCUT2D eigenvalue weighted by atomic mass is 9.66. The fourth-order valence-corrected chi connectivity index (χ4v) is 4.92. The molecule has 2 aliphatic carbocycles. The predicted octanol–water partition coefficient (Wildman–Crippen LogP) is 2.60. The Labute approximate surface area is 117 Å². The standard InChI is InChI=1S/C14H23BrN2O/c15-10-6-7-12-11(8-10)14(18,13(16)17-12)9-4-2-1-3-5-9/h9-12,18H,1-8H2,(H2,16,17). The molecule has 4 unspecified atom stereocenters. The van der Waals surface area contributed by atoms with Crippen LogP contribution >= 0.6 is 15.9 Å². The number of halogens is 1. The maximum Gasteiger partial charge on any atom is 0.129 e. The van der Waals surface area contributed by atoms with Crippen molar-refractivity contribution in [3.63, 3.8) is 0 Å². The van der Waals surface area contributed by atoms with Crippen molar-refractivity contribution in [3.05, 3.63) is 0 Å². The van der Waals surface area contributed by atoms with E-state index in [1.54, 1.807) is 0 Å². The number of aliphatic hydroxyl groups is 1. The Balaban J connectivity index is 1.86. The van der Waals surface area contributed by atoms with Crippen molar-refractivity contribution in [2.75, 3.05) is 0 Å². The van der Waals surface area contributed by atoms with Gasteiger partial charge in [-0.1, -0.05) is 35.2 Å². The predicted molar refractivity (Wildman–Crippen MR) is 77.0 cm³/mol. The fraction of sp³-hybridized carbons (Fsp3) is 0.929. The number of amidine groups is 1. The summed E-state index contributed by atoms with van der Waals surface area (Å²) >= 11 is 3.72. The molecule has 0 saturated heterocycles. The topological polar surface area (TPSA) is 58.6 Å². The van der Waals surface area contributed by atoms with Crippen LogP contribution in [0.5, 0.6) is 0 Å². The maximum absolute atomic E-state index is 11.2. The first-order chi connectivity index (χ1) is 8.62. The zero-order valence-corrected chi connectivity index (χ0v) is 12.4. The molecule has 3 rings (SSSR count). The molecule has 102 valence electrons. The van der Waals surface area contributed by atoms with Gasteiger partial charge < -0.3 is 10.8 Å². The highest BCUT2D eigenvalue weighted by molar-refractivity contribution is 9.09. The van der Waals surface area contributed by atoms with Gasteiger partial charge in [0.1, 0.15) is 11.4 Å². The minimum atomic E-state index is -0.808. The lowest BCUT2D eigenvalue weighted by Crippen LogP contribution is -2.55. The first-order valence-electron chi connectivity index (χ1n) is 7.32. The van der Waals surface area contributed by atoms with Gasteiger partial charge in [-0.25, -0.2) is 0 Å². The van der Waals surface area contributed by atoms with Gasteiger partial charge >= 0.3 is 0 Å². The van der Waals surface area contributed by atoms with Crippen molar-refractivity contribution in [3.8, 4) is 0 Å². The quantitative estimate of drug-likeness (QED) is 0.731. The highest BCUT2D eigenvalue weighted by Crippen LogP contribution is 2.48. The van der Waals surface area contributed by atoms with Crippen LogP contribution in [0, 0.1) is 11.8 Å². The number of nitrogens with two attached hydrogens (primary N) is 1. The molecule has 2 fully saturated rings. The molecule has 3 nitrogen and oxygen atoms in total. The summed E-state index contributed by atoms with van der Waals surface area (Å²) in [4.78, 5) is 5.12. The zero-order valence-electron chi connectivity index (χ0n) is 10.8. The Kier molecular flexibility index (Phi) is 3.43. The average Bonchev–Trinajstić information content (AvgIpc) is 2.64. The van der Waals surface area contributed by atoms with E-state index in [9.17, 15) is 5.11 Å². The highest BCUT2D eigenvalue weighted by Gasteiger charge is 2.55. The summed E-state index contributed by atoms with van der Waals surface area (Å²) in [5, 5.41) is 11.2. The van der Waals surface area contributed by atoms with Crippen LogP contribution in [0.3, 0.4) is 0 Å². The van der Waals surface area contributed by atoms with Crippen molar-refractivity contribution in [2.45, 2.75) is 67.8 Å². The third-order valence-corrected chi connectivity index (χ3v) is 6.09. The van der Waals surface area contributed by atoms with E-state index >= 15 is 0 Å². The molecule has 0 aromatic heterocycles. The van der Waals surface area contributed by atoms with Gasteiger partial charge in [0.25, 0.3) is 0 Å². The third kappa shape index (κ3) is 1.92. The summed E-state index contributed by atoms with van der Waals surface area (Å²) in [6.07, 6.45) is 9.23. The van der Waals surface area contributed by atoms with Gasteiger partial charge in [-0.3, -0.25) is 4.99 Å². The number of aliphatic imine (C=N–C) groups is 1. The molecule has 0 radical (unpaired) electrons. The summed E-state index contributed by atoms with van der Waals surface area (Å²) in [5.41, 5.74) is 5.33. The largest absolute Gasteiger partial charge is 0.385 e. The SMILES string of the molecule is NC1=NC2CCC(Br)CC2C1(O)C1CCCCC1. The van der Waals surface area contributed by atoms with Gasteiger partial charge in [0.2, 0.25) is 0 Å². The first-order valence-corrected chi connectivity index (χ1v) is 8.24. The van der Waals surface area contributed by atoms with Crippen molar-refractivity contribution in [1.82, 2.24) is 0 Å². The number of hydrogen-bond acceptors (Lipinski definition) is 3. The van der Waals surface area contributed by atoms with Crippen LogP contribution in [-0.4, -0.2) is 27.4 Å². The van der Waals surface area contributed by atoms with E-state index in [0.717, 1.165) is 32.1 Å². The Morgan fingerprint density at radius 1 is 1.17 bits per heavy atom. The number of nitrogens with zero attached hydrogens (tertiary/aromatic N) is 1. The number of rotatable bonds is 1. The Bertz CT molecular complexity index is 354. The number of hydrogen-bond donors (Lipinski definition) is 2. The van der Waals surface area contributed by atoms with Crippen LogP contribution in [0.2, 0.25) is 0 Å². The van der Waals surface area contributed by atoms with Gasteiger partial charge in [0.15, 0.2) is 0 Å². The maximum atomic E-state index is 11.2. The van der Waals surface area contributed by atoms with E-state index in [4.69, 9.17) is 5.73 Å². The summed E-state index contributed by atoms with van der Waals surface area (Å²) in [5.74, 6) is 1.12. The van der Waals surface area contributed by atoms with Gasteiger partial charge in [0.05, 0.1) is 6.04 Å². The highest BCUT2D eigenvalue weighted by atomic mass is 79.9. The molecule has 0 aromatic carbocycles. The Morgan fingerprint density at radius 2 is 1.89 bits per heavy atom. The molecule has 4 atom stereocenters. The van der Waals surface area contributed by atoms with E-state index < -0.39 is 5.60 Å². The summed E-state index contributed by atoms with van der Waals surface area (Å²) in [6, 6.07) is 0.269. The molecular formula is C14H23BrN2O. The third-order valence-electron chi connectivity index (χ3n) is 5.26. The summed E-state index contributed by atoms with van der Waals surface area (Å²) in [7, 11) is 0. The van der Waals surface area contributed by atoms with Crippen LogP contribution in [0.15, 0.2) is 4.99 Å². The monoisotopic (exact) mass is 314 g/mol. The lowest BCUT2D eigenvalue weighted by molar-refractivity contribution is -0.0284.